The Hall–Kier alpha value is -2.36. The first-order valence-corrected chi connectivity index (χ1v) is 5.75. The summed E-state index contributed by atoms with van der Waals surface area (Å²) in [6, 6.07) is 11.2. The Morgan fingerprint density at radius 3 is 2.72 bits per heavy atom. The van der Waals surface area contributed by atoms with E-state index in [2.05, 4.69) is 17.5 Å². The quantitative estimate of drug-likeness (QED) is 0.661. The van der Waals surface area contributed by atoms with Crippen molar-refractivity contribution < 1.29 is 9.21 Å². The largest absolute Gasteiger partial charge is 0.459 e. The Kier molecular flexibility index (Phi) is 3.91. The maximum Gasteiger partial charge on any atom is 0.307 e. The number of hydrogen-bond donors (Lipinski definition) is 1. The Bertz CT molecular complexity index is 527. The Morgan fingerprint density at radius 1 is 1.33 bits per heavy atom. The van der Waals surface area contributed by atoms with Gasteiger partial charge in [0.05, 0.1) is 12.5 Å². The topological polar surface area (TPSA) is 54.6 Å². The van der Waals surface area contributed by atoms with E-state index in [1.807, 2.05) is 24.3 Å². The van der Waals surface area contributed by atoms with Gasteiger partial charge in [-0.2, -0.15) is 5.10 Å². The standard InChI is InChI=1S/C14H14N2O2/c1-2-11-5-7-12(8-6-11)10-15-16-14(17)13-4-3-9-18-13/h3-10H,2H2,1H3,(H,16,17)/b15-10+. The van der Waals surface area contributed by atoms with Crippen LogP contribution in [0.3, 0.4) is 0 Å². The summed E-state index contributed by atoms with van der Waals surface area (Å²) in [7, 11) is 0. The lowest BCUT2D eigenvalue weighted by Crippen LogP contribution is -2.16. The van der Waals surface area contributed by atoms with E-state index in [1.54, 1.807) is 18.3 Å². The molecule has 0 unspecified atom stereocenters. The molecule has 4 heteroatoms. The van der Waals surface area contributed by atoms with Gasteiger partial charge in [-0.1, -0.05) is 31.2 Å². The lowest BCUT2D eigenvalue weighted by atomic mass is 10.1. The van der Waals surface area contributed by atoms with Crippen LogP contribution in [0.25, 0.3) is 0 Å². The van der Waals surface area contributed by atoms with E-state index in [0.717, 1.165) is 12.0 Å². The predicted molar refractivity (Wildman–Crippen MR) is 69.6 cm³/mol. The Balaban J connectivity index is 1.93. The van der Waals surface area contributed by atoms with Crippen LogP contribution in [0.1, 0.15) is 28.6 Å². The van der Waals surface area contributed by atoms with Gasteiger partial charge in [0.2, 0.25) is 0 Å². The zero-order valence-electron chi connectivity index (χ0n) is 10.1. The smallest absolute Gasteiger partial charge is 0.307 e. The second-order valence-electron chi connectivity index (χ2n) is 3.77. The van der Waals surface area contributed by atoms with Crippen molar-refractivity contribution in [2.24, 2.45) is 5.10 Å². The molecule has 0 atom stereocenters. The second kappa shape index (κ2) is 5.82. The van der Waals surface area contributed by atoms with Gasteiger partial charge in [0, 0.05) is 0 Å². The molecule has 1 aromatic carbocycles. The van der Waals surface area contributed by atoms with Gasteiger partial charge in [0.15, 0.2) is 5.76 Å². The first kappa shape index (κ1) is 12.1. The molecular formula is C14H14N2O2. The van der Waals surface area contributed by atoms with E-state index < -0.39 is 0 Å². The zero-order chi connectivity index (χ0) is 12.8. The van der Waals surface area contributed by atoms with Crippen molar-refractivity contribution in [3.8, 4) is 0 Å². The van der Waals surface area contributed by atoms with Gasteiger partial charge in [-0.25, -0.2) is 5.43 Å². The number of aryl methyl sites for hydroxylation is 1. The number of hydrogen-bond acceptors (Lipinski definition) is 3. The predicted octanol–water partition coefficient (Wildman–Crippen LogP) is 2.61. The summed E-state index contributed by atoms with van der Waals surface area (Å²) in [4.78, 5) is 11.5. The molecule has 0 saturated heterocycles. The number of nitrogens with one attached hydrogen (secondary N) is 1. The van der Waals surface area contributed by atoms with Gasteiger partial charge < -0.3 is 4.42 Å². The highest BCUT2D eigenvalue weighted by atomic mass is 16.3. The van der Waals surface area contributed by atoms with Crippen LogP contribution in [0.4, 0.5) is 0 Å². The van der Waals surface area contributed by atoms with Crippen LogP contribution in [0.5, 0.6) is 0 Å². The monoisotopic (exact) mass is 242 g/mol. The first-order chi connectivity index (χ1) is 8.79. The van der Waals surface area contributed by atoms with Gasteiger partial charge in [-0.15, -0.1) is 0 Å². The fourth-order valence-electron chi connectivity index (χ4n) is 1.47. The van der Waals surface area contributed by atoms with Crippen molar-refractivity contribution in [1.29, 1.82) is 0 Å². The molecule has 0 aliphatic heterocycles. The van der Waals surface area contributed by atoms with Crippen LogP contribution in [0.2, 0.25) is 0 Å². The van der Waals surface area contributed by atoms with E-state index in [9.17, 15) is 4.79 Å². The van der Waals surface area contributed by atoms with Crippen LogP contribution < -0.4 is 5.43 Å². The van der Waals surface area contributed by atoms with Crippen molar-refractivity contribution in [2.45, 2.75) is 13.3 Å². The van der Waals surface area contributed by atoms with Crippen LogP contribution in [-0.4, -0.2) is 12.1 Å². The molecule has 0 saturated carbocycles. The van der Waals surface area contributed by atoms with Crippen LogP contribution in [0.15, 0.2) is 52.2 Å². The van der Waals surface area contributed by atoms with Crippen LogP contribution >= 0.6 is 0 Å². The molecule has 18 heavy (non-hydrogen) atoms. The maximum absolute atomic E-state index is 11.5. The average molecular weight is 242 g/mol. The molecule has 0 aliphatic carbocycles. The lowest BCUT2D eigenvalue weighted by Gasteiger charge is -1.97. The second-order valence-corrected chi connectivity index (χ2v) is 3.77. The van der Waals surface area contributed by atoms with E-state index in [4.69, 9.17) is 4.42 Å². The van der Waals surface area contributed by atoms with E-state index >= 15 is 0 Å². The molecule has 92 valence electrons. The van der Waals surface area contributed by atoms with Crippen LogP contribution in [-0.2, 0) is 6.42 Å². The summed E-state index contributed by atoms with van der Waals surface area (Å²) in [5.41, 5.74) is 4.61. The van der Waals surface area contributed by atoms with Crippen molar-refractivity contribution in [2.75, 3.05) is 0 Å². The summed E-state index contributed by atoms with van der Waals surface area (Å²) >= 11 is 0. The summed E-state index contributed by atoms with van der Waals surface area (Å²) in [5.74, 6) is -0.116. The number of carbonyl (C=O) groups is 1. The van der Waals surface area contributed by atoms with Gasteiger partial charge in [-0.05, 0) is 29.7 Å². The summed E-state index contributed by atoms with van der Waals surface area (Å²) in [6.45, 7) is 2.10. The summed E-state index contributed by atoms with van der Waals surface area (Å²) in [6.07, 6.45) is 4.05. The highest BCUT2D eigenvalue weighted by molar-refractivity contribution is 5.92. The highest BCUT2D eigenvalue weighted by Gasteiger charge is 2.05. The van der Waals surface area contributed by atoms with Gasteiger partial charge >= 0.3 is 5.91 Å². The van der Waals surface area contributed by atoms with Gasteiger partial charge in [-0.3, -0.25) is 4.79 Å². The van der Waals surface area contributed by atoms with E-state index in [1.165, 1.54) is 11.8 Å². The SMILES string of the molecule is CCc1ccc(/C=N/NC(=O)c2ccco2)cc1. The summed E-state index contributed by atoms with van der Waals surface area (Å²) < 4.78 is 4.94. The fourth-order valence-corrected chi connectivity index (χ4v) is 1.47. The molecule has 1 N–H and O–H groups in total. The molecule has 0 spiro atoms. The van der Waals surface area contributed by atoms with Crippen molar-refractivity contribution >= 4 is 12.1 Å². The molecule has 1 heterocycles. The van der Waals surface area contributed by atoms with Gasteiger partial charge in [0.1, 0.15) is 0 Å². The number of amides is 1. The molecule has 0 fully saturated rings. The highest BCUT2D eigenvalue weighted by Crippen LogP contribution is 2.03. The maximum atomic E-state index is 11.5. The third kappa shape index (κ3) is 3.07. The molecule has 1 amide bonds. The zero-order valence-corrected chi connectivity index (χ0v) is 10.1. The Labute approximate surface area is 105 Å². The van der Waals surface area contributed by atoms with Crippen molar-refractivity contribution in [3.63, 3.8) is 0 Å². The number of benzene rings is 1. The molecule has 0 bridgehead atoms. The average Bonchev–Trinajstić information content (AvgIpc) is 2.93. The molecule has 4 nitrogen and oxygen atoms in total. The molecule has 0 radical (unpaired) electrons. The number of furan rings is 1. The minimum Gasteiger partial charge on any atom is -0.459 e. The number of hydrazone groups is 1. The fraction of sp³-hybridized carbons (Fsp3) is 0.143. The van der Waals surface area contributed by atoms with E-state index in [0.29, 0.717) is 0 Å². The molecule has 2 aromatic rings. The molecule has 2 rings (SSSR count). The van der Waals surface area contributed by atoms with E-state index in [-0.39, 0.29) is 11.7 Å². The molecule has 1 aromatic heterocycles. The minimum absolute atomic E-state index is 0.244. The Morgan fingerprint density at radius 2 is 2.11 bits per heavy atom. The van der Waals surface area contributed by atoms with Crippen molar-refractivity contribution in [3.05, 3.63) is 59.5 Å². The normalized spacial score (nSPS) is 10.7. The molecule has 0 aliphatic rings. The van der Waals surface area contributed by atoms with Crippen molar-refractivity contribution in [1.82, 2.24) is 5.43 Å². The number of nitrogens with zero attached hydrogens (tertiary/aromatic N) is 1. The number of rotatable bonds is 4. The lowest BCUT2D eigenvalue weighted by molar-refractivity contribution is 0.0927. The first-order valence-electron chi connectivity index (χ1n) is 5.75. The van der Waals surface area contributed by atoms with Crippen LogP contribution in [0, 0.1) is 0 Å². The third-order valence-electron chi connectivity index (χ3n) is 2.51. The molecular weight excluding hydrogens is 228 g/mol. The minimum atomic E-state index is -0.360. The number of carbonyl (C=O) groups excluding carboxylic acids is 1. The third-order valence-corrected chi connectivity index (χ3v) is 2.51. The summed E-state index contributed by atoms with van der Waals surface area (Å²) in [5, 5.41) is 3.87. The van der Waals surface area contributed by atoms with Gasteiger partial charge in [0.25, 0.3) is 0 Å².